The minimum absolute atomic E-state index is 0.227. The summed E-state index contributed by atoms with van der Waals surface area (Å²) in [6.45, 7) is 6.98. The highest BCUT2D eigenvalue weighted by atomic mass is 32.2. The van der Waals surface area contributed by atoms with Crippen LogP contribution >= 0.6 is 11.8 Å². The van der Waals surface area contributed by atoms with Crippen LogP contribution in [0.5, 0.6) is 0 Å². The number of hydrogen-bond donors (Lipinski definition) is 1. The summed E-state index contributed by atoms with van der Waals surface area (Å²) >= 11 is 1.96. The number of amides is 1. The van der Waals surface area contributed by atoms with E-state index < -0.39 is 0 Å². The second-order valence-corrected chi connectivity index (χ2v) is 6.82. The lowest BCUT2D eigenvalue weighted by atomic mass is 10.1. The summed E-state index contributed by atoms with van der Waals surface area (Å²) in [7, 11) is 0. The van der Waals surface area contributed by atoms with Gasteiger partial charge in [0.25, 0.3) is 0 Å². The zero-order valence-corrected chi connectivity index (χ0v) is 11.3. The Morgan fingerprint density at radius 2 is 2.12 bits per heavy atom. The average molecular weight is 244 g/mol. The number of thioether (sulfide) groups is 1. The van der Waals surface area contributed by atoms with Gasteiger partial charge in [0.1, 0.15) is 0 Å². The lowest BCUT2D eigenvalue weighted by molar-refractivity contribution is -0.131. The van der Waals surface area contributed by atoms with Crippen LogP contribution in [-0.4, -0.2) is 40.9 Å². The van der Waals surface area contributed by atoms with Crippen LogP contribution in [0.4, 0.5) is 0 Å². The maximum Gasteiger partial charge on any atom is 0.222 e. The first-order valence-electron chi connectivity index (χ1n) is 6.17. The van der Waals surface area contributed by atoms with Gasteiger partial charge < -0.3 is 10.6 Å². The van der Waals surface area contributed by atoms with E-state index in [1.807, 2.05) is 16.7 Å². The van der Waals surface area contributed by atoms with Gasteiger partial charge >= 0.3 is 0 Å². The largest absolute Gasteiger partial charge is 0.341 e. The van der Waals surface area contributed by atoms with Crippen LogP contribution in [0.2, 0.25) is 0 Å². The Kier molecular flexibility index (Phi) is 5.62. The fourth-order valence-electron chi connectivity index (χ4n) is 1.98. The van der Waals surface area contributed by atoms with Crippen molar-refractivity contribution in [3.63, 3.8) is 0 Å². The Balaban J connectivity index is 2.25. The third-order valence-corrected chi connectivity index (χ3v) is 4.17. The minimum Gasteiger partial charge on any atom is -0.341 e. The topological polar surface area (TPSA) is 46.3 Å². The molecule has 0 unspecified atom stereocenters. The van der Waals surface area contributed by atoms with Crippen LogP contribution in [0.3, 0.4) is 0 Å². The van der Waals surface area contributed by atoms with Gasteiger partial charge in [-0.05, 0) is 33.2 Å². The lowest BCUT2D eigenvalue weighted by Crippen LogP contribution is -2.46. The second kappa shape index (κ2) is 6.50. The summed E-state index contributed by atoms with van der Waals surface area (Å²) < 4.78 is 0.227. The van der Waals surface area contributed by atoms with E-state index in [0.29, 0.717) is 12.3 Å². The van der Waals surface area contributed by atoms with E-state index in [2.05, 4.69) is 13.8 Å². The van der Waals surface area contributed by atoms with Gasteiger partial charge in [-0.2, -0.15) is 11.8 Å². The Bertz CT molecular complexity index is 231. The van der Waals surface area contributed by atoms with Crippen molar-refractivity contribution >= 4 is 17.7 Å². The molecule has 1 rings (SSSR count). The zero-order valence-electron chi connectivity index (χ0n) is 10.5. The molecule has 0 spiro atoms. The summed E-state index contributed by atoms with van der Waals surface area (Å²) in [5.41, 5.74) is 5.43. The molecule has 0 aromatic rings. The zero-order chi connectivity index (χ0) is 12.0. The number of rotatable bonds is 5. The Morgan fingerprint density at radius 3 is 2.75 bits per heavy atom. The Hall–Kier alpha value is -0.220. The molecule has 1 fully saturated rings. The van der Waals surface area contributed by atoms with E-state index in [4.69, 9.17) is 5.73 Å². The fourth-order valence-corrected chi connectivity index (χ4v) is 3.10. The third-order valence-electron chi connectivity index (χ3n) is 2.87. The highest BCUT2D eigenvalue weighted by Crippen LogP contribution is 2.29. The van der Waals surface area contributed by atoms with Gasteiger partial charge in [0, 0.05) is 30.0 Å². The molecule has 0 atom stereocenters. The van der Waals surface area contributed by atoms with E-state index in [1.54, 1.807) is 0 Å². The number of nitrogens with two attached hydrogens (primary N) is 1. The maximum atomic E-state index is 11.9. The number of carbonyl (C=O) groups excluding carboxylic acids is 1. The Morgan fingerprint density at radius 1 is 1.38 bits per heavy atom. The molecule has 0 saturated carbocycles. The average Bonchev–Trinajstić information content (AvgIpc) is 2.22. The molecule has 1 aliphatic rings. The van der Waals surface area contributed by atoms with Crippen LogP contribution in [0.15, 0.2) is 0 Å². The number of nitrogens with zero attached hydrogens (tertiary/aromatic N) is 1. The van der Waals surface area contributed by atoms with E-state index in [-0.39, 0.29) is 4.75 Å². The molecule has 0 radical (unpaired) electrons. The first-order chi connectivity index (χ1) is 7.55. The van der Waals surface area contributed by atoms with Gasteiger partial charge in [0.15, 0.2) is 0 Å². The third kappa shape index (κ3) is 4.74. The van der Waals surface area contributed by atoms with Gasteiger partial charge in [-0.25, -0.2) is 0 Å². The van der Waals surface area contributed by atoms with Crippen molar-refractivity contribution in [3.8, 4) is 0 Å². The molecule has 1 aliphatic heterocycles. The molecule has 0 aromatic heterocycles. The smallest absolute Gasteiger partial charge is 0.222 e. The molecule has 3 nitrogen and oxygen atoms in total. The van der Waals surface area contributed by atoms with Gasteiger partial charge in [-0.15, -0.1) is 0 Å². The van der Waals surface area contributed by atoms with Crippen molar-refractivity contribution in [2.24, 2.45) is 5.73 Å². The molecule has 94 valence electrons. The van der Waals surface area contributed by atoms with E-state index >= 15 is 0 Å². The Labute approximate surface area is 103 Å². The van der Waals surface area contributed by atoms with Gasteiger partial charge in [-0.1, -0.05) is 6.42 Å². The SMILES string of the molecule is CC1(C)CN(C(=O)CCCCCN)CCS1. The van der Waals surface area contributed by atoms with Gasteiger partial charge in [0.2, 0.25) is 5.91 Å². The molecular weight excluding hydrogens is 220 g/mol. The summed E-state index contributed by atoms with van der Waals surface area (Å²) in [6.07, 6.45) is 3.80. The monoisotopic (exact) mass is 244 g/mol. The van der Waals surface area contributed by atoms with Crippen molar-refractivity contribution in [3.05, 3.63) is 0 Å². The van der Waals surface area contributed by atoms with Crippen molar-refractivity contribution in [2.75, 3.05) is 25.4 Å². The van der Waals surface area contributed by atoms with E-state index in [0.717, 1.165) is 44.6 Å². The molecule has 16 heavy (non-hydrogen) atoms. The maximum absolute atomic E-state index is 11.9. The first-order valence-corrected chi connectivity index (χ1v) is 7.15. The minimum atomic E-state index is 0.227. The van der Waals surface area contributed by atoms with Crippen LogP contribution in [0, 0.1) is 0 Å². The summed E-state index contributed by atoms with van der Waals surface area (Å²) in [5.74, 6) is 1.40. The van der Waals surface area contributed by atoms with Crippen LogP contribution in [0.1, 0.15) is 39.5 Å². The molecule has 1 heterocycles. The molecule has 0 bridgehead atoms. The number of hydrogen-bond acceptors (Lipinski definition) is 3. The first kappa shape index (κ1) is 13.8. The van der Waals surface area contributed by atoms with Crippen LogP contribution in [0.25, 0.3) is 0 Å². The molecule has 2 N–H and O–H groups in total. The molecular formula is C12H24N2OS. The molecule has 0 aromatic carbocycles. The molecule has 0 aliphatic carbocycles. The second-order valence-electron chi connectivity index (χ2n) is 5.02. The summed E-state index contributed by atoms with van der Waals surface area (Å²) in [5, 5.41) is 0. The summed E-state index contributed by atoms with van der Waals surface area (Å²) in [4.78, 5) is 14.0. The van der Waals surface area contributed by atoms with Crippen LogP contribution in [-0.2, 0) is 4.79 Å². The number of unbranched alkanes of at least 4 members (excludes halogenated alkanes) is 2. The van der Waals surface area contributed by atoms with Gasteiger partial charge in [0.05, 0.1) is 0 Å². The van der Waals surface area contributed by atoms with Crippen LogP contribution < -0.4 is 5.73 Å². The van der Waals surface area contributed by atoms with Crippen molar-refractivity contribution in [1.82, 2.24) is 4.90 Å². The molecule has 1 saturated heterocycles. The molecule has 4 heteroatoms. The van der Waals surface area contributed by atoms with Crippen molar-refractivity contribution in [1.29, 1.82) is 0 Å². The standard InChI is InChI=1S/C12H24N2OS/c1-12(2)10-14(8-9-16-12)11(15)6-4-3-5-7-13/h3-10,13H2,1-2H3. The highest BCUT2D eigenvalue weighted by Gasteiger charge is 2.29. The normalized spacial score (nSPS) is 19.8. The predicted molar refractivity (Wildman–Crippen MR) is 70.6 cm³/mol. The lowest BCUT2D eigenvalue weighted by Gasteiger charge is -2.37. The van der Waals surface area contributed by atoms with E-state index in [1.165, 1.54) is 0 Å². The molecule has 1 amide bonds. The fraction of sp³-hybridized carbons (Fsp3) is 0.917. The van der Waals surface area contributed by atoms with E-state index in [9.17, 15) is 4.79 Å². The van der Waals surface area contributed by atoms with Gasteiger partial charge in [-0.3, -0.25) is 4.79 Å². The predicted octanol–water partition coefficient (Wildman–Crippen LogP) is 1.86. The quantitative estimate of drug-likeness (QED) is 0.751. The van der Waals surface area contributed by atoms with Crippen molar-refractivity contribution in [2.45, 2.75) is 44.3 Å². The highest BCUT2D eigenvalue weighted by molar-refractivity contribution is 8.00. The van der Waals surface area contributed by atoms with Crippen molar-refractivity contribution < 1.29 is 4.79 Å². The number of carbonyl (C=O) groups is 1. The summed E-state index contributed by atoms with van der Waals surface area (Å²) in [6, 6.07) is 0.